The van der Waals surface area contributed by atoms with Gasteiger partial charge in [-0.2, -0.15) is 0 Å². The van der Waals surface area contributed by atoms with Gasteiger partial charge >= 0.3 is 11.9 Å². The Labute approximate surface area is 76.9 Å². The lowest BCUT2D eigenvalue weighted by atomic mass is 9.79. The summed E-state index contributed by atoms with van der Waals surface area (Å²) >= 11 is 0. The number of methoxy groups -OCH3 is 1. The first-order valence-electron chi connectivity index (χ1n) is 3.87. The molecule has 0 aliphatic heterocycles. The number of hydrogen-bond acceptors (Lipinski definition) is 4. The molecule has 0 aromatic carbocycles. The molecule has 3 N–H and O–H groups in total. The van der Waals surface area contributed by atoms with Crippen LogP contribution in [0.5, 0.6) is 0 Å². The van der Waals surface area contributed by atoms with Crippen molar-refractivity contribution in [1.82, 2.24) is 0 Å². The SMILES string of the molecule is COC(=O)[C@H](C(=O)O)C(C)(C)CN. The highest BCUT2D eigenvalue weighted by molar-refractivity contribution is 5.94. The number of rotatable bonds is 4. The average molecular weight is 189 g/mol. The Morgan fingerprint density at radius 3 is 2.23 bits per heavy atom. The minimum atomic E-state index is -1.21. The van der Waals surface area contributed by atoms with Gasteiger partial charge in [-0.25, -0.2) is 0 Å². The zero-order chi connectivity index (χ0) is 10.6. The minimum absolute atomic E-state index is 0.110. The van der Waals surface area contributed by atoms with E-state index in [1.807, 2.05) is 0 Å². The summed E-state index contributed by atoms with van der Waals surface area (Å²) in [4.78, 5) is 21.8. The Morgan fingerprint density at radius 2 is 2.00 bits per heavy atom. The zero-order valence-corrected chi connectivity index (χ0v) is 8.03. The summed E-state index contributed by atoms with van der Waals surface area (Å²) in [6, 6.07) is 0. The zero-order valence-electron chi connectivity index (χ0n) is 8.03. The molecule has 0 radical (unpaired) electrons. The van der Waals surface area contributed by atoms with Crippen molar-refractivity contribution in [3.63, 3.8) is 0 Å². The van der Waals surface area contributed by atoms with E-state index in [0.717, 1.165) is 7.11 Å². The van der Waals surface area contributed by atoms with Crippen LogP contribution in [-0.4, -0.2) is 30.7 Å². The van der Waals surface area contributed by atoms with Crippen LogP contribution < -0.4 is 5.73 Å². The molecule has 0 saturated heterocycles. The van der Waals surface area contributed by atoms with E-state index >= 15 is 0 Å². The second kappa shape index (κ2) is 4.23. The van der Waals surface area contributed by atoms with E-state index in [1.54, 1.807) is 13.8 Å². The topological polar surface area (TPSA) is 89.6 Å². The van der Waals surface area contributed by atoms with E-state index in [1.165, 1.54) is 0 Å². The summed E-state index contributed by atoms with van der Waals surface area (Å²) in [6.45, 7) is 3.34. The van der Waals surface area contributed by atoms with Crippen molar-refractivity contribution in [1.29, 1.82) is 0 Å². The van der Waals surface area contributed by atoms with Crippen LogP contribution in [0.3, 0.4) is 0 Å². The van der Waals surface area contributed by atoms with Crippen LogP contribution in [0.2, 0.25) is 0 Å². The third-order valence-corrected chi connectivity index (χ3v) is 1.99. The van der Waals surface area contributed by atoms with Gasteiger partial charge in [-0.1, -0.05) is 13.8 Å². The summed E-state index contributed by atoms with van der Waals surface area (Å²) in [7, 11) is 1.16. The summed E-state index contributed by atoms with van der Waals surface area (Å²) in [6.07, 6.45) is 0. The highest BCUT2D eigenvalue weighted by Crippen LogP contribution is 2.26. The number of carbonyl (C=O) groups excluding carboxylic acids is 1. The fourth-order valence-corrected chi connectivity index (χ4v) is 0.990. The number of nitrogens with two attached hydrogens (primary N) is 1. The molecule has 0 heterocycles. The second-order valence-corrected chi connectivity index (χ2v) is 3.49. The van der Waals surface area contributed by atoms with E-state index in [0.29, 0.717) is 0 Å². The highest BCUT2D eigenvalue weighted by atomic mass is 16.5. The number of hydrogen-bond donors (Lipinski definition) is 2. The molecule has 0 aliphatic carbocycles. The first kappa shape index (κ1) is 11.9. The van der Waals surface area contributed by atoms with Crippen LogP contribution in [-0.2, 0) is 14.3 Å². The van der Waals surface area contributed by atoms with Crippen LogP contribution in [0.25, 0.3) is 0 Å². The molecule has 0 aliphatic rings. The Balaban J connectivity index is 4.81. The molecular formula is C8H15NO4. The van der Waals surface area contributed by atoms with Gasteiger partial charge in [0.25, 0.3) is 0 Å². The molecule has 0 unspecified atom stereocenters. The van der Waals surface area contributed by atoms with Crippen LogP contribution in [0.15, 0.2) is 0 Å². The highest BCUT2D eigenvalue weighted by Gasteiger charge is 2.40. The second-order valence-electron chi connectivity index (χ2n) is 3.49. The van der Waals surface area contributed by atoms with Crippen molar-refractivity contribution in [2.45, 2.75) is 13.8 Å². The molecule has 0 bridgehead atoms. The number of carbonyl (C=O) groups is 2. The average Bonchev–Trinajstić information content (AvgIpc) is 2.03. The molecule has 0 rings (SSSR count). The monoisotopic (exact) mass is 189 g/mol. The van der Waals surface area contributed by atoms with Gasteiger partial charge in [-0.3, -0.25) is 9.59 Å². The fourth-order valence-electron chi connectivity index (χ4n) is 0.990. The first-order chi connectivity index (χ1) is 5.86. The molecule has 1 atom stereocenters. The molecule has 0 aromatic rings. The van der Waals surface area contributed by atoms with Gasteiger partial charge in [-0.15, -0.1) is 0 Å². The van der Waals surface area contributed by atoms with E-state index in [4.69, 9.17) is 10.8 Å². The molecule has 0 fully saturated rings. The molecule has 0 aromatic heterocycles. The summed E-state index contributed by atoms with van der Waals surface area (Å²) < 4.78 is 4.39. The minimum Gasteiger partial charge on any atom is -0.481 e. The molecule has 0 amide bonds. The third kappa shape index (κ3) is 2.69. The smallest absolute Gasteiger partial charge is 0.320 e. The van der Waals surface area contributed by atoms with Crippen LogP contribution in [0.1, 0.15) is 13.8 Å². The van der Waals surface area contributed by atoms with E-state index in [-0.39, 0.29) is 6.54 Å². The standard InChI is InChI=1S/C8H15NO4/c1-8(2,4-9)5(6(10)11)7(12)13-3/h5H,4,9H2,1-3H3,(H,10,11)/t5-/m0/s1. The lowest BCUT2D eigenvalue weighted by Gasteiger charge is -2.27. The maximum absolute atomic E-state index is 11.1. The van der Waals surface area contributed by atoms with Crippen molar-refractivity contribution < 1.29 is 19.4 Å². The van der Waals surface area contributed by atoms with E-state index in [2.05, 4.69) is 4.74 Å². The summed E-state index contributed by atoms with van der Waals surface area (Å²) in [5, 5.41) is 8.79. The molecule has 76 valence electrons. The predicted octanol–water partition coefficient (Wildman–Crippen LogP) is -0.155. The normalized spacial score (nSPS) is 13.5. The number of ether oxygens (including phenoxy) is 1. The van der Waals surface area contributed by atoms with Crippen LogP contribution in [0.4, 0.5) is 0 Å². The van der Waals surface area contributed by atoms with Crippen molar-refractivity contribution in [3.05, 3.63) is 0 Å². The Bertz CT molecular complexity index is 212. The first-order valence-corrected chi connectivity index (χ1v) is 3.87. The van der Waals surface area contributed by atoms with Gasteiger partial charge in [0, 0.05) is 5.41 Å². The maximum atomic E-state index is 11.1. The van der Waals surface area contributed by atoms with E-state index < -0.39 is 23.3 Å². The molecular weight excluding hydrogens is 174 g/mol. The fraction of sp³-hybridized carbons (Fsp3) is 0.750. The molecule has 5 heteroatoms. The predicted molar refractivity (Wildman–Crippen MR) is 46.0 cm³/mol. The summed E-state index contributed by atoms with van der Waals surface area (Å²) in [5.74, 6) is -3.17. The van der Waals surface area contributed by atoms with Gasteiger partial charge in [-0.05, 0) is 6.54 Å². The van der Waals surface area contributed by atoms with Gasteiger partial charge in [0.05, 0.1) is 7.11 Å². The summed E-state index contributed by atoms with van der Waals surface area (Å²) in [5.41, 5.74) is 4.57. The van der Waals surface area contributed by atoms with Crippen molar-refractivity contribution in [2.24, 2.45) is 17.1 Å². The Kier molecular flexibility index (Phi) is 3.87. The molecule has 0 spiro atoms. The molecule has 13 heavy (non-hydrogen) atoms. The molecule has 5 nitrogen and oxygen atoms in total. The third-order valence-electron chi connectivity index (χ3n) is 1.99. The maximum Gasteiger partial charge on any atom is 0.320 e. The van der Waals surface area contributed by atoms with Crippen LogP contribution >= 0.6 is 0 Å². The molecule has 0 saturated carbocycles. The lowest BCUT2D eigenvalue weighted by molar-refractivity contribution is -0.162. The Hall–Kier alpha value is -1.10. The Morgan fingerprint density at radius 1 is 1.54 bits per heavy atom. The van der Waals surface area contributed by atoms with Crippen molar-refractivity contribution >= 4 is 11.9 Å². The van der Waals surface area contributed by atoms with Gasteiger partial charge in [0.2, 0.25) is 0 Å². The van der Waals surface area contributed by atoms with Gasteiger partial charge < -0.3 is 15.6 Å². The number of esters is 1. The number of carboxylic acid groups (broad SMARTS) is 1. The van der Waals surface area contributed by atoms with Gasteiger partial charge in [0.1, 0.15) is 0 Å². The van der Waals surface area contributed by atoms with Gasteiger partial charge in [0.15, 0.2) is 5.92 Å². The van der Waals surface area contributed by atoms with Crippen molar-refractivity contribution in [3.8, 4) is 0 Å². The number of aliphatic carboxylic acids is 1. The lowest BCUT2D eigenvalue weighted by Crippen LogP contribution is -2.42. The van der Waals surface area contributed by atoms with Crippen LogP contribution in [0, 0.1) is 11.3 Å². The van der Waals surface area contributed by atoms with E-state index in [9.17, 15) is 9.59 Å². The van der Waals surface area contributed by atoms with Crippen molar-refractivity contribution in [2.75, 3.05) is 13.7 Å². The largest absolute Gasteiger partial charge is 0.481 e. The quantitative estimate of drug-likeness (QED) is 0.474. The number of carboxylic acids is 1.